The molecule has 0 saturated heterocycles. The van der Waals surface area contributed by atoms with Crippen LogP contribution < -0.4 is 0 Å². The number of halogens is 2. The Kier molecular flexibility index (Phi) is 2.96. The van der Waals surface area contributed by atoms with Crippen molar-refractivity contribution in [1.82, 2.24) is 0 Å². The Balaban J connectivity index is 2.99. The number of alkyl halides is 2. The van der Waals surface area contributed by atoms with E-state index >= 15 is 0 Å². The van der Waals surface area contributed by atoms with Gasteiger partial charge in [-0.2, -0.15) is 0 Å². The summed E-state index contributed by atoms with van der Waals surface area (Å²) in [6.45, 7) is 3.75. The predicted molar refractivity (Wildman–Crippen MR) is 30.6 cm³/mol. The van der Waals surface area contributed by atoms with Crippen molar-refractivity contribution in [3.8, 4) is 0 Å². The first-order chi connectivity index (χ1) is 2.64. The second-order valence-electron chi connectivity index (χ2n) is 1.36. The third kappa shape index (κ3) is 2.80. The quantitative estimate of drug-likeness (QED) is 0.474. The van der Waals surface area contributed by atoms with Crippen molar-refractivity contribution < 1.29 is 0 Å². The maximum absolute atomic E-state index is 5.48. The van der Waals surface area contributed by atoms with Crippen LogP contribution in [-0.4, -0.2) is 10.8 Å². The van der Waals surface area contributed by atoms with E-state index < -0.39 is 0 Å². The summed E-state index contributed by atoms with van der Waals surface area (Å²) in [5.74, 6) is 0. The molecule has 0 amide bonds. The monoisotopic (exact) mass is 126 g/mol. The lowest BCUT2D eigenvalue weighted by molar-refractivity contribution is 0.905. The van der Waals surface area contributed by atoms with Crippen LogP contribution in [0.25, 0.3) is 0 Å². The molecule has 0 aliphatic carbocycles. The van der Waals surface area contributed by atoms with Crippen LogP contribution in [0.1, 0.15) is 13.8 Å². The molecule has 0 aromatic heterocycles. The van der Waals surface area contributed by atoms with E-state index in [1.165, 1.54) is 0 Å². The molecule has 0 saturated carbocycles. The van der Waals surface area contributed by atoms with Crippen LogP contribution >= 0.6 is 23.2 Å². The van der Waals surface area contributed by atoms with E-state index in [0.717, 1.165) is 0 Å². The number of hydrogen-bond acceptors (Lipinski definition) is 0. The second-order valence-corrected chi connectivity index (χ2v) is 2.73. The van der Waals surface area contributed by atoms with E-state index in [0.29, 0.717) is 0 Å². The van der Waals surface area contributed by atoms with Crippen LogP contribution in [0.3, 0.4) is 0 Å². The lowest BCUT2D eigenvalue weighted by Gasteiger charge is -2.00. The smallest absolute Gasteiger partial charge is 0.0468 e. The predicted octanol–water partition coefficient (Wildman–Crippen LogP) is 2.24. The molecule has 38 valence electrons. The van der Waals surface area contributed by atoms with E-state index in [2.05, 4.69) is 0 Å². The van der Waals surface area contributed by atoms with E-state index in [1.807, 2.05) is 13.8 Å². The van der Waals surface area contributed by atoms with Gasteiger partial charge in [0.25, 0.3) is 0 Å². The van der Waals surface area contributed by atoms with Crippen molar-refractivity contribution in [3.63, 3.8) is 0 Å². The van der Waals surface area contributed by atoms with Crippen LogP contribution in [0.15, 0.2) is 0 Å². The minimum atomic E-state index is 0.0895. The van der Waals surface area contributed by atoms with Crippen molar-refractivity contribution in [2.24, 2.45) is 0 Å². The molecule has 6 heavy (non-hydrogen) atoms. The van der Waals surface area contributed by atoms with Gasteiger partial charge in [0.2, 0.25) is 0 Å². The first-order valence-corrected chi connectivity index (χ1v) is 2.80. The van der Waals surface area contributed by atoms with Gasteiger partial charge in [0.05, 0.1) is 0 Å². The molecule has 0 fully saturated rings. The summed E-state index contributed by atoms with van der Waals surface area (Å²) in [4.78, 5) is 0. The summed E-state index contributed by atoms with van der Waals surface area (Å²) in [7, 11) is 0. The summed E-state index contributed by atoms with van der Waals surface area (Å²) in [5, 5.41) is 0.179. The van der Waals surface area contributed by atoms with Crippen LogP contribution in [0.5, 0.6) is 0 Å². The fourth-order valence-electron chi connectivity index (χ4n) is 0. The van der Waals surface area contributed by atoms with E-state index in [-0.39, 0.29) is 10.8 Å². The molecule has 0 aromatic carbocycles. The van der Waals surface area contributed by atoms with E-state index in [4.69, 9.17) is 23.2 Å². The highest BCUT2D eigenvalue weighted by Crippen LogP contribution is 2.06. The third-order valence-electron chi connectivity index (χ3n) is 0.633. The zero-order valence-corrected chi connectivity index (χ0v) is 5.42. The van der Waals surface area contributed by atoms with Crippen LogP contribution in [0.2, 0.25) is 0 Å². The van der Waals surface area contributed by atoms with Gasteiger partial charge in [-0.3, -0.25) is 0 Å². The molecule has 2 heteroatoms. The molecule has 0 radical (unpaired) electrons. The molecule has 0 heterocycles. The lowest BCUT2D eigenvalue weighted by Crippen LogP contribution is -2.03. The molecular weight excluding hydrogens is 119 g/mol. The van der Waals surface area contributed by atoms with E-state index in [9.17, 15) is 0 Å². The van der Waals surface area contributed by atoms with Gasteiger partial charge < -0.3 is 0 Å². The average Bonchev–Trinajstić information content (AvgIpc) is 1.36. The van der Waals surface area contributed by atoms with Gasteiger partial charge in [0.1, 0.15) is 0 Å². The van der Waals surface area contributed by atoms with Gasteiger partial charge in [0, 0.05) is 10.8 Å². The van der Waals surface area contributed by atoms with Gasteiger partial charge in [-0.15, -0.1) is 23.2 Å². The van der Waals surface area contributed by atoms with Crippen molar-refractivity contribution in [3.05, 3.63) is 0 Å². The van der Waals surface area contributed by atoms with Crippen molar-refractivity contribution in [2.75, 3.05) is 0 Å². The molecule has 0 aliphatic rings. The molecule has 0 rings (SSSR count). The van der Waals surface area contributed by atoms with Gasteiger partial charge in [-0.25, -0.2) is 0 Å². The molecular formula is C4H8Cl2. The Morgan fingerprint density at radius 3 is 1.17 bits per heavy atom. The SMILES string of the molecule is C[C@@H](Cl)[C@@H](C)Cl. The van der Waals surface area contributed by atoms with Gasteiger partial charge in [0.15, 0.2) is 0 Å². The van der Waals surface area contributed by atoms with Crippen LogP contribution in [-0.2, 0) is 0 Å². The Labute approximate surface area is 48.4 Å². The molecule has 2 atom stereocenters. The normalized spacial score (nSPS) is 20.0. The Morgan fingerprint density at radius 1 is 1.00 bits per heavy atom. The molecule has 0 aliphatic heterocycles. The fourth-order valence-corrected chi connectivity index (χ4v) is 0. The molecule has 0 bridgehead atoms. The van der Waals surface area contributed by atoms with Crippen LogP contribution in [0, 0.1) is 0 Å². The zero-order valence-electron chi connectivity index (χ0n) is 3.91. The minimum Gasteiger partial charge on any atom is -0.122 e. The molecule has 0 unspecified atom stereocenters. The van der Waals surface area contributed by atoms with Gasteiger partial charge in [-0.1, -0.05) is 0 Å². The molecule has 0 nitrogen and oxygen atoms in total. The van der Waals surface area contributed by atoms with Crippen molar-refractivity contribution in [2.45, 2.75) is 24.6 Å². The fraction of sp³-hybridized carbons (Fsp3) is 1.00. The third-order valence-corrected chi connectivity index (χ3v) is 1.52. The topological polar surface area (TPSA) is 0 Å². The summed E-state index contributed by atoms with van der Waals surface area (Å²) in [6, 6.07) is 0. The van der Waals surface area contributed by atoms with Gasteiger partial charge in [-0.05, 0) is 13.8 Å². The molecule has 0 aromatic rings. The zero-order chi connectivity index (χ0) is 5.15. The maximum atomic E-state index is 5.48. The molecule has 0 N–H and O–H groups in total. The van der Waals surface area contributed by atoms with Gasteiger partial charge >= 0.3 is 0 Å². The first kappa shape index (κ1) is 6.58. The lowest BCUT2D eigenvalue weighted by atomic mass is 10.4. The highest BCUT2D eigenvalue weighted by molar-refractivity contribution is 6.29. The Hall–Kier alpha value is 0.580. The highest BCUT2D eigenvalue weighted by Gasteiger charge is 2.01. The van der Waals surface area contributed by atoms with Crippen LogP contribution in [0.4, 0.5) is 0 Å². The summed E-state index contributed by atoms with van der Waals surface area (Å²) in [5.41, 5.74) is 0. The van der Waals surface area contributed by atoms with E-state index in [1.54, 1.807) is 0 Å². The summed E-state index contributed by atoms with van der Waals surface area (Å²) in [6.07, 6.45) is 0. The average molecular weight is 127 g/mol. The largest absolute Gasteiger partial charge is 0.122 e. The maximum Gasteiger partial charge on any atom is 0.0468 e. The number of hydrogen-bond donors (Lipinski definition) is 0. The standard InChI is InChI=1S/C4H8Cl2/c1-3(5)4(2)6/h3-4H,1-2H3/t3-,4-/m1/s1. The molecule has 0 spiro atoms. The highest BCUT2D eigenvalue weighted by atomic mass is 35.5. The summed E-state index contributed by atoms with van der Waals surface area (Å²) < 4.78 is 0. The van der Waals surface area contributed by atoms with Crippen molar-refractivity contribution >= 4 is 23.2 Å². The number of rotatable bonds is 1. The summed E-state index contributed by atoms with van der Waals surface area (Å²) >= 11 is 11.0. The Bertz CT molecular complexity index is 26.5. The van der Waals surface area contributed by atoms with Crippen molar-refractivity contribution in [1.29, 1.82) is 0 Å². The first-order valence-electron chi connectivity index (χ1n) is 1.92. The second kappa shape index (κ2) is 2.70. The Morgan fingerprint density at radius 2 is 1.17 bits per heavy atom. The minimum absolute atomic E-state index is 0.0895.